The first kappa shape index (κ1) is 16.0. The van der Waals surface area contributed by atoms with Crippen LogP contribution < -0.4 is 21.0 Å². The molecule has 3 N–H and O–H groups in total. The molecule has 0 spiro atoms. The first-order valence-electron chi connectivity index (χ1n) is 5.69. The third-order valence-corrected chi connectivity index (χ3v) is 3.37. The number of hydrogen-bond acceptors (Lipinski definition) is 9. The van der Waals surface area contributed by atoms with Crippen LogP contribution in [0.5, 0.6) is 0 Å². The SMILES string of the molecule is O=c1ccn(C2O[C@H](CO)[C@@H](OP(=O)([O-])[O-])[C@H]2O)c(=O)[nH]1. The molecule has 2 rings (SSSR count). The summed E-state index contributed by atoms with van der Waals surface area (Å²) < 4.78 is 20.7. The minimum absolute atomic E-state index is 0.682. The Labute approximate surface area is 116 Å². The minimum atomic E-state index is -5.44. The molecule has 1 saturated heterocycles. The van der Waals surface area contributed by atoms with E-state index in [1.165, 1.54) is 0 Å². The molecule has 0 radical (unpaired) electrons. The molecule has 12 heteroatoms. The lowest BCUT2D eigenvalue weighted by Gasteiger charge is -2.34. The maximum atomic E-state index is 11.6. The summed E-state index contributed by atoms with van der Waals surface area (Å²) >= 11 is 0. The highest BCUT2D eigenvalue weighted by Crippen LogP contribution is 2.38. The Morgan fingerprint density at radius 1 is 1.48 bits per heavy atom. The Morgan fingerprint density at radius 2 is 2.14 bits per heavy atom. The van der Waals surface area contributed by atoms with E-state index in [0.717, 1.165) is 16.8 Å². The minimum Gasteiger partial charge on any atom is -0.790 e. The lowest BCUT2D eigenvalue weighted by atomic mass is 10.1. The molecule has 1 aliphatic rings. The van der Waals surface area contributed by atoms with E-state index < -0.39 is 50.2 Å². The predicted octanol–water partition coefficient (Wildman–Crippen LogP) is -4.00. The zero-order valence-corrected chi connectivity index (χ0v) is 11.2. The van der Waals surface area contributed by atoms with Crippen molar-refractivity contribution in [2.75, 3.05) is 6.61 Å². The van der Waals surface area contributed by atoms with Gasteiger partial charge in [-0.05, 0) is 0 Å². The molecule has 21 heavy (non-hydrogen) atoms. The van der Waals surface area contributed by atoms with Crippen molar-refractivity contribution in [1.29, 1.82) is 0 Å². The number of aliphatic hydroxyl groups is 2. The number of ether oxygens (including phenoxy) is 1. The quantitative estimate of drug-likeness (QED) is 0.466. The molecule has 1 fully saturated rings. The van der Waals surface area contributed by atoms with Crippen LogP contribution in [0.4, 0.5) is 0 Å². The zero-order valence-electron chi connectivity index (χ0n) is 10.3. The number of phosphoric ester groups is 1. The maximum absolute atomic E-state index is 11.6. The molecule has 1 aromatic rings. The van der Waals surface area contributed by atoms with Crippen molar-refractivity contribution < 1.29 is 33.8 Å². The predicted molar refractivity (Wildman–Crippen MR) is 60.8 cm³/mol. The molecule has 11 nitrogen and oxygen atoms in total. The zero-order chi connectivity index (χ0) is 15.8. The van der Waals surface area contributed by atoms with Gasteiger partial charge in [0.2, 0.25) is 0 Å². The van der Waals surface area contributed by atoms with Gasteiger partial charge in [-0.15, -0.1) is 0 Å². The molecule has 0 aliphatic carbocycles. The van der Waals surface area contributed by atoms with Gasteiger partial charge in [-0.25, -0.2) is 4.79 Å². The maximum Gasteiger partial charge on any atom is 0.330 e. The van der Waals surface area contributed by atoms with Crippen molar-refractivity contribution in [2.45, 2.75) is 24.5 Å². The number of hydrogen-bond donors (Lipinski definition) is 3. The molecule has 0 saturated carbocycles. The highest BCUT2D eigenvalue weighted by Gasteiger charge is 2.46. The van der Waals surface area contributed by atoms with Gasteiger partial charge in [0.25, 0.3) is 5.56 Å². The Bertz CT molecular complexity index is 664. The molecule has 0 amide bonds. The molecule has 118 valence electrons. The number of H-pyrrole nitrogens is 1. The second kappa shape index (κ2) is 5.81. The summed E-state index contributed by atoms with van der Waals surface area (Å²) in [6.45, 7) is -0.754. The smallest absolute Gasteiger partial charge is 0.330 e. The average molecular weight is 322 g/mol. The van der Waals surface area contributed by atoms with Crippen LogP contribution in [0.3, 0.4) is 0 Å². The fourth-order valence-electron chi connectivity index (χ4n) is 2.00. The van der Waals surface area contributed by atoms with E-state index in [9.17, 15) is 29.0 Å². The van der Waals surface area contributed by atoms with Crippen molar-refractivity contribution >= 4 is 7.82 Å². The van der Waals surface area contributed by atoms with Gasteiger partial charge in [0, 0.05) is 12.3 Å². The number of phosphoric acid groups is 1. The van der Waals surface area contributed by atoms with Gasteiger partial charge in [-0.3, -0.25) is 14.3 Å². The standard InChI is InChI=1S/C9H13N2O9P/c12-3-4-7(20-21(16,17)18)6(14)8(19-4)11-2-1-5(13)10-9(11)15/h1-2,4,6-8,12,14H,3H2,(H,10,13,15)(H2,16,17,18)/p-2/t4-,6-,7-,8?/m1/s1. The van der Waals surface area contributed by atoms with E-state index in [0.29, 0.717) is 0 Å². The van der Waals surface area contributed by atoms with Crippen LogP contribution in [0.25, 0.3) is 0 Å². The van der Waals surface area contributed by atoms with Crippen molar-refractivity contribution in [3.05, 3.63) is 33.1 Å². The first-order chi connectivity index (χ1) is 9.73. The molecular formula is C9H11N2O9P-2. The molecule has 0 aromatic carbocycles. The molecule has 1 aliphatic heterocycles. The van der Waals surface area contributed by atoms with Crippen LogP contribution in [0.15, 0.2) is 21.9 Å². The van der Waals surface area contributed by atoms with Crippen molar-refractivity contribution in [1.82, 2.24) is 9.55 Å². The summed E-state index contributed by atoms with van der Waals surface area (Å²) in [5, 5.41) is 19.0. The van der Waals surface area contributed by atoms with Gasteiger partial charge < -0.3 is 33.8 Å². The largest absolute Gasteiger partial charge is 0.790 e. The van der Waals surface area contributed by atoms with Gasteiger partial charge in [0.15, 0.2) is 6.23 Å². The van der Waals surface area contributed by atoms with Crippen molar-refractivity contribution in [3.8, 4) is 0 Å². The monoisotopic (exact) mass is 322 g/mol. The normalized spacial score (nSPS) is 29.7. The van der Waals surface area contributed by atoms with E-state index in [2.05, 4.69) is 4.52 Å². The Balaban J connectivity index is 2.33. The van der Waals surface area contributed by atoms with E-state index in [4.69, 9.17) is 9.84 Å². The topological polar surface area (TPSA) is 177 Å². The summed E-state index contributed by atoms with van der Waals surface area (Å²) in [5.74, 6) is 0. The number of aliphatic hydroxyl groups excluding tert-OH is 2. The van der Waals surface area contributed by atoms with E-state index >= 15 is 0 Å². The van der Waals surface area contributed by atoms with E-state index in [-0.39, 0.29) is 0 Å². The van der Waals surface area contributed by atoms with Crippen LogP contribution >= 0.6 is 7.82 Å². The van der Waals surface area contributed by atoms with Gasteiger partial charge in [-0.2, -0.15) is 0 Å². The molecule has 0 bridgehead atoms. The van der Waals surface area contributed by atoms with E-state index in [1.807, 2.05) is 4.98 Å². The third kappa shape index (κ3) is 3.47. The number of aromatic nitrogens is 2. The third-order valence-electron chi connectivity index (χ3n) is 2.87. The van der Waals surface area contributed by atoms with E-state index in [1.54, 1.807) is 0 Å². The van der Waals surface area contributed by atoms with Gasteiger partial charge in [0.1, 0.15) is 18.3 Å². The Hall–Kier alpha value is -1.33. The summed E-state index contributed by atoms with van der Waals surface area (Å²) in [7, 11) is -5.44. The number of aromatic amines is 1. The highest BCUT2D eigenvalue weighted by molar-refractivity contribution is 7.43. The van der Waals surface area contributed by atoms with Gasteiger partial charge in [-0.1, -0.05) is 0 Å². The van der Waals surface area contributed by atoms with Gasteiger partial charge in [0.05, 0.1) is 14.4 Å². The van der Waals surface area contributed by atoms with Crippen LogP contribution in [-0.4, -0.2) is 44.7 Å². The molecule has 2 heterocycles. The van der Waals surface area contributed by atoms with Crippen LogP contribution in [-0.2, 0) is 13.8 Å². The average Bonchev–Trinajstić information content (AvgIpc) is 2.65. The Morgan fingerprint density at radius 3 is 2.67 bits per heavy atom. The molecule has 1 aromatic heterocycles. The lowest BCUT2D eigenvalue weighted by molar-refractivity contribution is -0.347. The van der Waals surface area contributed by atoms with Crippen molar-refractivity contribution in [3.63, 3.8) is 0 Å². The summed E-state index contributed by atoms with van der Waals surface area (Å²) in [5.41, 5.74) is -1.60. The van der Waals surface area contributed by atoms with Crippen LogP contribution in [0.1, 0.15) is 6.23 Å². The fourth-order valence-corrected chi connectivity index (χ4v) is 2.56. The second-order valence-corrected chi connectivity index (χ2v) is 5.38. The highest BCUT2D eigenvalue weighted by atomic mass is 31.2. The molecule has 4 atom stereocenters. The molecule has 1 unspecified atom stereocenters. The van der Waals surface area contributed by atoms with Gasteiger partial charge >= 0.3 is 5.69 Å². The lowest BCUT2D eigenvalue weighted by Crippen LogP contribution is -2.40. The fraction of sp³-hybridized carbons (Fsp3) is 0.556. The molecular weight excluding hydrogens is 311 g/mol. The summed E-state index contributed by atoms with van der Waals surface area (Å²) in [6, 6.07) is 0.978. The first-order valence-corrected chi connectivity index (χ1v) is 7.15. The summed E-state index contributed by atoms with van der Waals surface area (Å²) in [4.78, 5) is 45.7. The number of nitrogens with zero attached hydrogens (tertiary/aromatic N) is 1. The second-order valence-electron chi connectivity index (χ2n) is 4.27. The van der Waals surface area contributed by atoms with Crippen molar-refractivity contribution in [2.24, 2.45) is 0 Å². The van der Waals surface area contributed by atoms with Crippen LogP contribution in [0.2, 0.25) is 0 Å². The summed E-state index contributed by atoms with van der Waals surface area (Å²) in [6.07, 6.45) is -5.13. The Kier molecular flexibility index (Phi) is 4.44. The number of nitrogens with one attached hydrogen (secondary N) is 1. The number of rotatable bonds is 4. The van der Waals surface area contributed by atoms with Crippen LogP contribution in [0, 0.1) is 0 Å².